The SMILES string of the molecule is C/[C](=[Zr+2](\[C]1=CC=CC1)[c]1cccc2c1Cc1ccccc1-2)C12CC3CC(CC(C3)C1)C2.[Cl-].[Cl-]. The van der Waals surface area contributed by atoms with Crippen molar-refractivity contribution in [2.24, 2.45) is 23.2 Å². The molecule has 4 bridgehead atoms. The van der Waals surface area contributed by atoms with Gasteiger partial charge in [-0.2, -0.15) is 0 Å². The average molecular weight is 555 g/mol. The van der Waals surface area contributed by atoms with Gasteiger partial charge in [0.25, 0.3) is 0 Å². The first kappa shape index (κ1) is 24.0. The van der Waals surface area contributed by atoms with Crippen molar-refractivity contribution in [3.05, 3.63) is 75.1 Å². The van der Waals surface area contributed by atoms with E-state index >= 15 is 0 Å². The molecule has 6 aliphatic carbocycles. The maximum absolute atomic E-state index is 2.66. The predicted molar refractivity (Wildman–Crippen MR) is 127 cm³/mol. The van der Waals surface area contributed by atoms with Gasteiger partial charge in [-0.3, -0.25) is 0 Å². The Morgan fingerprint density at radius 2 is 1.52 bits per heavy atom. The van der Waals surface area contributed by atoms with Crippen LogP contribution in [0.4, 0.5) is 0 Å². The van der Waals surface area contributed by atoms with Crippen molar-refractivity contribution in [3.8, 4) is 11.1 Å². The molecule has 0 aliphatic heterocycles. The van der Waals surface area contributed by atoms with Gasteiger partial charge in [0.05, 0.1) is 0 Å². The summed E-state index contributed by atoms with van der Waals surface area (Å²) in [7, 11) is 0. The van der Waals surface area contributed by atoms with E-state index in [9.17, 15) is 0 Å². The van der Waals surface area contributed by atoms with E-state index in [0.717, 1.165) is 24.2 Å². The molecule has 0 amide bonds. The minimum absolute atomic E-state index is 0. The van der Waals surface area contributed by atoms with Crippen molar-refractivity contribution < 1.29 is 46.1 Å². The number of allylic oxidation sites excluding steroid dienone is 4. The van der Waals surface area contributed by atoms with Crippen LogP contribution in [-0.2, 0) is 27.7 Å². The van der Waals surface area contributed by atoms with E-state index in [1.165, 1.54) is 36.8 Å². The summed E-state index contributed by atoms with van der Waals surface area (Å²) in [6.07, 6.45) is 18.9. The van der Waals surface area contributed by atoms with Crippen molar-refractivity contribution in [3.63, 3.8) is 0 Å². The van der Waals surface area contributed by atoms with Crippen LogP contribution >= 0.6 is 0 Å². The normalized spacial score (nSPS) is 30.2. The third-order valence-corrected chi connectivity index (χ3v) is 17.5. The second-order valence-corrected chi connectivity index (χ2v) is 17.8. The van der Waals surface area contributed by atoms with Gasteiger partial charge < -0.3 is 24.8 Å². The van der Waals surface area contributed by atoms with Crippen molar-refractivity contribution in [1.29, 1.82) is 0 Å². The first-order chi connectivity index (χ1) is 15.2. The van der Waals surface area contributed by atoms with Crippen LogP contribution < -0.4 is 28.1 Å². The second-order valence-electron chi connectivity index (χ2n) is 11.2. The molecule has 0 saturated heterocycles. The fourth-order valence-corrected chi connectivity index (χ4v) is 16.9. The quantitative estimate of drug-likeness (QED) is 0.449. The molecule has 0 aromatic heterocycles. The van der Waals surface area contributed by atoms with Crippen LogP contribution in [0, 0.1) is 23.2 Å². The third kappa shape index (κ3) is 3.77. The van der Waals surface area contributed by atoms with E-state index in [1.54, 1.807) is 33.7 Å². The molecule has 4 saturated carbocycles. The molecule has 0 unspecified atom stereocenters. The molecule has 0 N–H and O–H groups in total. The fraction of sp³-hybridized carbons (Fsp3) is 0.433. The maximum Gasteiger partial charge on any atom is -1.00 e. The van der Waals surface area contributed by atoms with Gasteiger partial charge in [0.15, 0.2) is 0 Å². The fourth-order valence-electron chi connectivity index (χ4n) is 8.48. The third-order valence-electron chi connectivity index (χ3n) is 9.42. The van der Waals surface area contributed by atoms with Crippen molar-refractivity contribution in [2.45, 2.75) is 58.3 Å². The molecular weight excluding hydrogens is 522 g/mol. The summed E-state index contributed by atoms with van der Waals surface area (Å²) in [4.78, 5) is 0. The van der Waals surface area contributed by atoms with E-state index < -0.39 is 21.3 Å². The summed E-state index contributed by atoms with van der Waals surface area (Å²) in [6, 6.07) is 16.5. The summed E-state index contributed by atoms with van der Waals surface area (Å²) in [5, 5.41) is 0. The minimum Gasteiger partial charge on any atom is -1.00 e. The van der Waals surface area contributed by atoms with Crippen molar-refractivity contribution in [2.75, 3.05) is 0 Å². The zero-order chi connectivity index (χ0) is 20.6. The molecular formula is C30H32Cl2Zr. The van der Waals surface area contributed by atoms with Gasteiger partial charge in [0.1, 0.15) is 0 Å². The van der Waals surface area contributed by atoms with Gasteiger partial charge >= 0.3 is 195 Å². The van der Waals surface area contributed by atoms with E-state index in [0.29, 0.717) is 5.41 Å². The van der Waals surface area contributed by atoms with Crippen LogP contribution in [0.25, 0.3) is 11.1 Å². The zero-order valence-corrected chi connectivity index (χ0v) is 23.4. The molecule has 4 fully saturated rings. The molecule has 8 rings (SSSR count). The molecule has 0 nitrogen and oxygen atoms in total. The van der Waals surface area contributed by atoms with Crippen LogP contribution in [0.2, 0.25) is 0 Å². The molecule has 3 heteroatoms. The number of benzene rings is 2. The topological polar surface area (TPSA) is 0 Å². The average Bonchev–Trinajstić information content (AvgIpc) is 3.41. The van der Waals surface area contributed by atoms with Crippen molar-refractivity contribution >= 4 is 6.48 Å². The standard InChI is InChI=1S/C13H9.C12H18.C5H5.2ClH.Zr/c1-3-7-12-10(5-1)9-11-6-2-4-8-13(11)12;1-2-12-6-9-3-10(7-12)5-11(4-9)8-12;1-2-4-5-3-1;;;/h1-5,7-8H,9H2;9-11H,3-8H2,1H3;1-3H,4H2;2*1H;/q;;;;;+2/p-2. The summed E-state index contributed by atoms with van der Waals surface area (Å²) in [5.74, 6) is 3.10. The Hall–Kier alpha value is -0.747. The molecule has 33 heavy (non-hydrogen) atoms. The first-order valence-corrected chi connectivity index (χ1v) is 16.2. The van der Waals surface area contributed by atoms with Crippen molar-refractivity contribution in [1.82, 2.24) is 0 Å². The van der Waals surface area contributed by atoms with Crippen LogP contribution in [0.1, 0.15) is 63.0 Å². The predicted octanol–water partition coefficient (Wildman–Crippen LogP) is 0.762. The molecule has 0 radical (unpaired) electrons. The summed E-state index contributed by atoms with van der Waals surface area (Å²) in [6.45, 7) is 2.66. The number of fused-ring (bicyclic) bond motifs is 3. The Morgan fingerprint density at radius 1 is 0.848 bits per heavy atom. The summed E-state index contributed by atoms with van der Waals surface area (Å²) in [5.41, 5.74) is 6.85. The van der Waals surface area contributed by atoms with E-state index in [1.807, 2.05) is 6.49 Å². The number of hydrogen-bond donors (Lipinski definition) is 0. The van der Waals surface area contributed by atoms with Gasteiger partial charge in [-0.15, -0.1) is 0 Å². The van der Waals surface area contributed by atoms with Crippen LogP contribution in [0.3, 0.4) is 0 Å². The number of halogens is 2. The molecule has 2 aromatic rings. The molecule has 0 atom stereocenters. The van der Waals surface area contributed by atoms with E-state index in [-0.39, 0.29) is 24.8 Å². The van der Waals surface area contributed by atoms with Gasteiger partial charge in [-0.25, -0.2) is 0 Å². The maximum atomic E-state index is 2.66. The summed E-state index contributed by atoms with van der Waals surface area (Å²) < 4.78 is 5.65. The monoisotopic (exact) mass is 552 g/mol. The molecule has 2 aromatic carbocycles. The smallest absolute Gasteiger partial charge is 1.00 e. The molecule has 0 heterocycles. The van der Waals surface area contributed by atoms with Gasteiger partial charge in [0.2, 0.25) is 0 Å². The Morgan fingerprint density at radius 3 is 2.18 bits per heavy atom. The summed E-state index contributed by atoms with van der Waals surface area (Å²) >= 11 is -2.13. The van der Waals surface area contributed by atoms with Gasteiger partial charge in [-0.1, -0.05) is 0 Å². The van der Waals surface area contributed by atoms with E-state index in [2.05, 4.69) is 67.6 Å². The molecule has 0 spiro atoms. The largest absolute Gasteiger partial charge is 1.00 e. The van der Waals surface area contributed by atoms with Gasteiger partial charge in [0, 0.05) is 0 Å². The zero-order valence-electron chi connectivity index (χ0n) is 19.4. The Bertz CT molecular complexity index is 1150. The van der Waals surface area contributed by atoms with Crippen LogP contribution in [0.5, 0.6) is 0 Å². The molecule has 6 aliphatic rings. The van der Waals surface area contributed by atoms with Crippen LogP contribution in [-0.4, -0.2) is 3.21 Å². The Balaban J connectivity index is 0.00000114. The molecule has 170 valence electrons. The minimum atomic E-state index is -2.13. The number of hydrogen-bond acceptors (Lipinski definition) is 0. The second kappa shape index (κ2) is 9.04. The van der Waals surface area contributed by atoms with Crippen LogP contribution in [0.15, 0.2) is 64.0 Å². The van der Waals surface area contributed by atoms with E-state index in [4.69, 9.17) is 0 Å². The Kier molecular flexibility index (Phi) is 6.57. The first-order valence-electron chi connectivity index (χ1n) is 12.5. The Labute approximate surface area is 218 Å². The van der Waals surface area contributed by atoms with Gasteiger partial charge in [-0.05, 0) is 0 Å². The number of rotatable bonds is 3.